The Morgan fingerprint density at radius 1 is 0.333 bits per heavy atom. The molecular weight excluding hydrogens is 627 g/mol. The Bertz CT molecular complexity index is 1290. The number of benzene rings is 3. The van der Waals surface area contributed by atoms with Crippen LogP contribution in [0.2, 0.25) is 0 Å². The fourth-order valence-corrected chi connectivity index (χ4v) is 5.79. The van der Waals surface area contributed by atoms with E-state index < -0.39 is 69.7 Å². The molecule has 0 bridgehead atoms. The average Bonchev–Trinajstić information content (AvgIpc) is 3.00. The van der Waals surface area contributed by atoms with E-state index in [1.165, 1.54) is 0 Å². The average molecular weight is 655 g/mol. The number of fused-ring (bicyclic) bond motifs is 3. The van der Waals surface area contributed by atoms with Crippen LogP contribution in [-0.4, -0.2) is 61.2 Å². The van der Waals surface area contributed by atoms with Crippen LogP contribution in [0.1, 0.15) is 51.1 Å². The van der Waals surface area contributed by atoms with Crippen molar-refractivity contribution in [3.63, 3.8) is 0 Å². The number of methoxy groups -OCH3 is 6. The maximum atomic E-state index is 15.2. The summed E-state index contributed by atoms with van der Waals surface area (Å²) < 4.78 is 168. The molecule has 0 saturated heterocycles. The molecule has 0 amide bonds. The van der Waals surface area contributed by atoms with E-state index in [0.29, 0.717) is 36.4 Å². The molecule has 4 rings (SSSR count). The highest BCUT2D eigenvalue weighted by Gasteiger charge is 2.55. The minimum atomic E-state index is -5.43. The maximum Gasteiger partial charge on any atom is 0.399 e. The lowest BCUT2D eigenvalue weighted by atomic mass is 9.80. The molecule has 0 atom stereocenters. The monoisotopic (exact) mass is 654 g/mol. The van der Waals surface area contributed by atoms with Gasteiger partial charge in [-0.3, -0.25) is 0 Å². The number of alkyl halides is 9. The minimum absolute atomic E-state index is 0.382. The number of hydrogen-bond donors (Lipinski definition) is 0. The summed E-state index contributed by atoms with van der Waals surface area (Å²) in [5.41, 5.74) is -6.09. The normalized spacial score (nSPS) is 18.3. The first-order chi connectivity index (χ1) is 21.0. The summed E-state index contributed by atoms with van der Waals surface area (Å²) in [4.78, 5) is 0. The van der Waals surface area contributed by atoms with Crippen LogP contribution in [0.15, 0.2) is 36.4 Å². The van der Waals surface area contributed by atoms with E-state index in [2.05, 4.69) is 0 Å². The van der Waals surface area contributed by atoms with Gasteiger partial charge in [-0.25, -0.2) is 0 Å². The molecule has 0 N–H and O–H groups in total. The van der Waals surface area contributed by atoms with Crippen molar-refractivity contribution in [3.8, 4) is 34.5 Å². The highest BCUT2D eigenvalue weighted by molar-refractivity contribution is 5.64. The highest BCUT2D eigenvalue weighted by atomic mass is 19.4. The molecule has 1 aliphatic carbocycles. The Morgan fingerprint density at radius 2 is 0.467 bits per heavy atom. The van der Waals surface area contributed by atoms with Gasteiger partial charge in [-0.15, -0.1) is 0 Å². The zero-order valence-electron chi connectivity index (χ0n) is 24.5. The molecule has 0 aliphatic heterocycles. The van der Waals surface area contributed by atoms with Gasteiger partial charge in [-0.1, -0.05) is 0 Å². The Hall–Kier alpha value is -4.17. The minimum Gasteiger partial charge on any atom is -0.493 e. The number of hydrogen-bond acceptors (Lipinski definition) is 6. The number of rotatable bonds is 6. The molecular formula is C30H27F9O6. The Morgan fingerprint density at radius 3 is 0.556 bits per heavy atom. The van der Waals surface area contributed by atoms with Crippen molar-refractivity contribution >= 4 is 0 Å². The first-order valence-corrected chi connectivity index (χ1v) is 12.9. The molecule has 3 aromatic rings. The second-order valence-electron chi connectivity index (χ2n) is 9.93. The van der Waals surface area contributed by atoms with Gasteiger partial charge in [0.1, 0.15) is 17.8 Å². The molecule has 6 nitrogen and oxygen atoms in total. The second-order valence-corrected chi connectivity index (χ2v) is 9.93. The van der Waals surface area contributed by atoms with Crippen LogP contribution in [0, 0.1) is 0 Å². The molecule has 1 aliphatic rings. The van der Waals surface area contributed by atoms with Gasteiger partial charge >= 0.3 is 18.5 Å². The summed E-state index contributed by atoms with van der Waals surface area (Å²) in [6.45, 7) is 0. The highest BCUT2D eigenvalue weighted by Crippen LogP contribution is 2.58. The van der Waals surface area contributed by atoms with Gasteiger partial charge in [0.05, 0.1) is 42.7 Å². The zero-order chi connectivity index (χ0) is 33.6. The largest absolute Gasteiger partial charge is 0.493 e. The standard InChI is InChI=1S/C30H27F9O6/c1-40-19-7-13-14(8-20(19)41-2)26(29(34,35)36)17-11-23(44-5)24(45-6)12-18(17)27(30(37,38)39)16-10-22(43-4)21(42-3)9-15(16)25(13)28(31,32)33/h7-12,25-27H,1-6H3. The summed E-state index contributed by atoms with van der Waals surface area (Å²) in [7, 11) is 6.32. The Kier molecular flexibility index (Phi) is 8.97. The van der Waals surface area contributed by atoms with Crippen molar-refractivity contribution in [2.45, 2.75) is 36.3 Å². The van der Waals surface area contributed by atoms with Crippen molar-refractivity contribution in [1.82, 2.24) is 0 Å². The van der Waals surface area contributed by atoms with Gasteiger partial charge < -0.3 is 28.4 Å². The lowest BCUT2D eigenvalue weighted by molar-refractivity contribution is -0.147. The molecule has 0 aromatic heterocycles. The van der Waals surface area contributed by atoms with E-state index in [-0.39, 0.29) is 34.5 Å². The van der Waals surface area contributed by atoms with Gasteiger partial charge in [0.15, 0.2) is 34.5 Å². The molecule has 0 saturated carbocycles. The smallest absolute Gasteiger partial charge is 0.399 e. The molecule has 0 unspecified atom stereocenters. The molecule has 3 aromatic carbocycles. The fourth-order valence-electron chi connectivity index (χ4n) is 5.79. The lowest BCUT2D eigenvalue weighted by Crippen LogP contribution is -2.28. The Balaban J connectivity index is 2.42. The lowest BCUT2D eigenvalue weighted by Gasteiger charge is -2.30. The van der Waals surface area contributed by atoms with E-state index >= 15 is 39.5 Å². The topological polar surface area (TPSA) is 55.4 Å². The van der Waals surface area contributed by atoms with Crippen LogP contribution in [0.4, 0.5) is 39.5 Å². The van der Waals surface area contributed by atoms with Crippen molar-refractivity contribution in [2.24, 2.45) is 0 Å². The molecule has 45 heavy (non-hydrogen) atoms. The van der Waals surface area contributed by atoms with Gasteiger partial charge in [0.25, 0.3) is 0 Å². The SMILES string of the molecule is COc1cc2c(cc1OC)C(C(F)(F)F)c1cc(OC)c(OC)cc1C(C(F)(F)F)c1cc(OC)c(OC)cc1C2C(F)(F)F. The van der Waals surface area contributed by atoms with Gasteiger partial charge in [0, 0.05) is 0 Å². The summed E-state index contributed by atoms with van der Waals surface area (Å²) in [5, 5.41) is 0. The van der Waals surface area contributed by atoms with Gasteiger partial charge in [-0.2, -0.15) is 39.5 Å². The van der Waals surface area contributed by atoms with Gasteiger partial charge in [-0.05, 0) is 69.8 Å². The summed E-state index contributed by atoms with van der Waals surface area (Å²) >= 11 is 0. The molecule has 0 radical (unpaired) electrons. The van der Waals surface area contributed by atoms with E-state index in [4.69, 9.17) is 28.4 Å². The van der Waals surface area contributed by atoms with E-state index in [1.54, 1.807) is 0 Å². The molecule has 15 heteroatoms. The fraction of sp³-hybridized carbons (Fsp3) is 0.400. The van der Waals surface area contributed by atoms with Crippen molar-refractivity contribution in [3.05, 3.63) is 69.8 Å². The van der Waals surface area contributed by atoms with Crippen molar-refractivity contribution < 1.29 is 67.9 Å². The summed E-state index contributed by atoms with van der Waals surface area (Å²) in [6, 6.07) is 4.17. The first-order valence-electron chi connectivity index (χ1n) is 12.9. The molecule has 0 heterocycles. The van der Waals surface area contributed by atoms with Crippen LogP contribution in [0.25, 0.3) is 0 Å². The van der Waals surface area contributed by atoms with Crippen molar-refractivity contribution in [1.29, 1.82) is 0 Å². The summed E-state index contributed by atoms with van der Waals surface area (Å²) in [5.74, 6) is -11.4. The number of halogens is 9. The van der Waals surface area contributed by atoms with Crippen LogP contribution >= 0.6 is 0 Å². The number of ether oxygens (including phenoxy) is 6. The van der Waals surface area contributed by atoms with E-state index in [9.17, 15) is 0 Å². The third-order valence-corrected chi connectivity index (χ3v) is 7.62. The van der Waals surface area contributed by atoms with Crippen LogP contribution in [0.3, 0.4) is 0 Å². The van der Waals surface area contributed by atoms with Gasteiger partial charge in [0.2, 0.25) is 0 Å². The predicted molar refractivity (Wildman–Crippen MR) is 142 cm³/mol. The Labute approximate surface area is 251 Å². The van der Waals surface area contributed by atoms with Crippen LogP contribution < -0.4 is 28.4 Å². The second kappa shape index (κ2) is 12.0. The third-order valence-electron chi connectivity index (χ3n) is 7.62. The predicted octanol–water partition coefficient (Wildman–Crippen LogP) is 8.13. The van der Waals surface area contributed by atoms with Crippen molar-refractivity contribution in [2.75, 3.05) is 42.7 Å². The van der Waals surface area contributed by atoms with Crippen LogP contribution in [-0.2, 0) is 0 Å². The third kappa shape index (κ3) is 5.96. The molecule has 246 valence electrons. The molecule has 0 fully saturated rings. The van der Waals surface area contributed by atoms with Crippen LogP contribution in [0.5, 0.6) is 34.5 Å². The zero-order valence-corrected chi connectivity index (χ0v) is 24.5. The maximum absolute atomic E-state index is 15.2. The summed E-state index contributed by atoms with van der Waals surface area (Å²) in [6.07, 6.45) is -16.3. The van der Waals surface area contributed by atoms with E-state index in [0.717, 1.165) is 42.7 Å². The molecule has 0 spiro atoms. The quantitative estimate of drug-likeness (QED) is 0.250. The van der Waals surface area contributed by atoms with E-state index in [1.807, 2.05) is 0 Å². The first kappa shape index (κ1) is 33.7.